The molecule has 0 N–H and O–H groups in total. The Labute approximate surface area is 287 Å². The van der Waals surface area contributed by atoms with Crippen molar-refractivity contribution in [2.75, 3.05) is 0 Å². The lowest BCUT2D eigenvalue weighted by molar-refractivity contribution is -0.386. The number of benzene rings is 10. The van der Waals surface area contributed by atoms with Gasteiger partial charge in [-0.1, -0.05) is 92.5 Å². The molecule has 0 fully saturated rings. The molecule has 10 aromatic rings. The van der Waals surface area contributed by atoms with E-state index in [2.05, 4.69) is 68.3 Å². The second-order valence-corrected chi connectivity index (χ2v) is 14.2. The maximum Gasteiger partial charge on any atom is 0.278 e. The number of nitro groups is 2. The molecule has 0 unspecified atom stereocenters. The molecule has 0 saturated carbocycles. The SMILES string of the molecule is O=[N+]([O-])c1cc2ccc3c4ccc(Br)cc4cc4ccc(c1-c1c([N+](=O)[O-])cc5ccc6c7ccc(Br)cc7cc7ccc1c5c76)c2c43. The number of fused-ring (bicyclic) bond motifs is 4. The van der Waals surface area contributed by atoms with Crippen LogP contribution in [0.3, 0.4) is 0 Å². The van der Waals surface area contributed by atoms with E-state index in [4.69, 9.17) is 0 Å². The molecule has 0 spiro atoms. The molecule has 0 aromatic heterocycles. The monoisotopic (exact) mass is 748 g/mol. The van der Waals surface area contributed by atoms with Crippen LogP contribution in [0.4, 0.5) is 11.4 Å². The fourth-order valence-corrected chi connectivity index (χ4v) is 8.86. The molecule has 0 radical (unpaired) electrons. The summed E-state index contributed by atoms with van der Waals surface area (Å²) < 4.78 is 1.95. The molecular weight excluding hydrogens is 732 g/mol. The van der Waals surface area contributed by atoms with Crippen LogP contribution < -0.4 is 0 Å². The molecule has 6 nitrogen and oxygen atoms in total. The molecule has 0 saturated heterocycles. The van der Waals surface area contributed by atoms with E-state index in [1.807, 2.05) is 60.7 Å². The molecule has 8 heteroatoms. The molecule has 0 aliphatic carbocycles. The summed E-state index contributed by atoms with van der Waals surface area (Å²) >= 11 is 7.18. The third kappa shape index (κ3) is 3.61. The van der Waals surface area contributed by atoms with Crippen molar-refractivity contribution in [3.8, 4) is 11.1 Å². The van der Waals surface area contributed by atoms with E-state index in [0.29, 0.717) is 21.5 Å². The van der Waals surface area contributed by atoms with Crippen LogP contribution in [0.5, 0.6) is 0 Å². The first kappa shape index (κ1) is 27.7. The predicted molar refractivity (Wildman–Crippen MR) is 203 cm³/mol. The van der Waals surface area contributed by atoms with E-state index < -0.39 is 9.85 Å². The van der Waals surface area contributed by atoms with Gasteiger partial charge in [-0.2, -0.15) is 0 Å². The predicted octanol–water partition coefficient (Wildman–Crippen LogP) is 12.8. The molecule has 0 bridgehead atoms. The molecule has 10 rings (SSSR count). The van der Waals surface area contributed by atoms with E-state index in [-0.39, 0.29) is 22.5 Å². The average Bonchev–Trinajstić information content (AvgIpc) is 3.07. The Hall–Kier alpha value is -5.44. The molecule has 10 aromatic carbocycles. The van der Waals surface area contributed by atoms with Gasteiger partial charge >= 0.3 is 0 Å². The highest BCUT2D eigenvalue weighted by Crippen LogP contribution is 2.52. The van der Waals surface area contributed by atoms with Gasteiger partial charge in [0.2, 0.25) is 0 Å². The fraction of sp³-hybridized carbons (Fsp3) is 0. The smallest absolute Gasteiger partial charge is 0.258 e. The Morgan fingerprint density at radius 3 is 1.10 bits per heavy atom. The number of hydrogen-bond donors (Lipinski definition) is 0. The maximum atomic E-state index is 12.9. The summed E-state index contributed by atoms with van der Waals surface area (Å²) in [5.74, 6) is 0. The molecule has 0 aliphatic heterocycles. The van der Waals surface area contributed by atoms with Gasteiger partial charge in [-0.25, -0.2) is 0 Å². The Morgan fingerprint density at radius 2 is 0.708 bits per heavy atom. The summed E-state index contributed by atoms with van der Waals surface area (Å²) in [6.07, 6.45) is 0. The van der Waals surface area contributed by atoms with Gasteiger partial charge in [0.25, 0.3) is 11.4 Å². The van der Waals surface area contributed by atoms with Gasteiger partial charge in [-0.05, 0) is 123 Å². The Balaban J connectivity index is 1.42. The summed E-state index contributed by atoms with van der Waals surface area (Å²) in [4.78, 5) is 25.0. The lowest BCUT2D eigenvalue weighted by Gasteiger charge is -2.19. The van der Waals surface area contributed by atoms with Gasteiger partial charge in [0.15, 0.2) is 0 Å². The van der Waals surface area contributed by atoms with Crippen LogP contribution >= 0.6 is 31.9 Å². The minimum Gasteiger partial charge on any atom is -0.258 e. The van der Waals surface area contributed by atoms with Crippen molar-refractivity contribution in [3.05, 3.63) is 138 Å². The molecule has 0 aliphatic rings. The molecule has 226 valence electrons. The molecular formula is C40H18Br2N2O4. The molecule has 0 heterocycles. The summed E-state index contributed by atoms with van der Waals surface area (Å²) in [6, 6.07) is 35.3. The lowest BCUT2D eigenvalue weighted by atomic mass is 9.83. The summed E-state index contributed by atoms with van der Waals surface area (Å²) in [6.45, 7) is 0. The third-order valence-corrected chi connectivity index (χ3v) is 10.9. The first-order valence-corrected chi connectivity index (χ1v) is 16.8. The largest absolute Gasteiger partial charge is 0.278 e. The number of nitrogens with zero attached hydrogens (tertiary/aromatic N) is 2. The van der Waals surface area contributed by atoms with Crippen LogP contribution in [0, 0.1) is 20.2 Å². The highest BCUT2D eigenvalue weighted by atomic mass is 79.9. The van der Waals surface area contributed by atoms with Crippen molar-refractivity contribution in [3.63, 3.8) is 0 Å². The van der Waals surface area contributed by atoms with Gasteiger partial charge in [0.05, 0.1) is 21.0 Å². The van der Waals surface area contributed by atoms with E-state index in [1.54, 1.807) is 12.1 Å². The standard InChI is InChI=1S/C40H18Br2N2O4/c41-25-5-11-27-23(15-25)13-19-3-9-31-37-21(1-7-29(27)35(19)37)17-33(43(45)46)39(31)40-32-10-4-20-14-24-16-26(42)6-12-28(24)30-8-2-22(38(32)36(20)30)18-34(40)44(47)48/h1-18H. The van der Waals surface area contributed by atoms with Crippen molar-refractivity contribution >= 4 is 129 Å². The van der Waals surface area contributed by atoms with Gasteiger partial charge in [0, 0.05) is 21.1 Å². The maximum absolute atomic E-state index is 12.9. The van der Waals surface area contributed by atoms with E-state index >= 15 is 0 Å². The Bertz CT molecular complexity index is 2890. The van der Waals surface area contributed by atoms with Crippen LogP contribution in [0.15, 0.2) is 118 Å². The van der Waals surface area contributed by atoms with Crippen LogP contribution in [0.2, 0.25) is 0 Å². The zero-order chi connectivity index (χ0) is 32.6. The number of rotatable bonds is 3. The molecule has 0 amide bonds. The zero-order valence-corrected chi connectivity index (χ0v) is 27.8. The lowest BCUT2D eigenvalue weighted by Crippen LogP contribution is -2.00. The topological polar surface area (TPSA) is 86.3 Å². The van der Waals surface area contributed by atoms with Crippen LogP contribution in [-0.2, 0) is 0 Å². The summed E-state index contributed by atoms with van der Waals surface area (Å²) in [7, 11) is 0. The third-order valence-electron chi connectivity index (χ3n) is 9.96. The van der Waals surface area contributed by atoms with E-state index in [1.165, 1.54) is 0 Å². The van der Waals surface area contributed by atoms with Crippen molar-refractivity contribution < 1.29 is 9.85 Å². The molecule has 48 heavy (non-hydrogen) atoms. The quantitative estimate of drug-likeness (QED) is 0.0779. The van der Waals surface area contributed by atoms with E-state index in [9.17, 15) is 20.2 Å². The fourth-order valence-electron chi connectivity index (χ4n) is 8.10. The number of halogens is 2. The normalized spacial score (nSPS) is 12.3. The average molecular weight is 750 g/mol. The number of nitro benzene ring substituents is 2. The highest BCUT2D eigenvalue weighted by molar-refractivity contribution is 9.10. The first-order valence-electron chi connectivity index (χ1n) is 15.2. The van der Waals surface area contributed by atoms with Crippen molar-refractivity contribution in [1.82, 2.24) is 0 Å². The van der Waals surface area contributed by atoms with Crippen LogP contribution in [-0.4, -0.2) is 9.85 Å². The van der Waals surface area contributed by atoms with Crippen molar-refractivity contribution in [2.24, 2.45) is 0 Å². The summed E-state index contributed by atoms with van der Waals surface area (Å²) in [5.41, 5.74) is 0.193. The van der Waals surface area contributed by atoms with Gasteiger partial charge < -0.3 is 0 Å². The number of hydrogen-bond acceptors (Lipinski definition) is 4. The minimum absolute atomic E-state index is 0.164. The van der Waals surface area contributed by atoms with Crippen molar-refractivity contribution in [1.29, 1.82) is 0 Å². The minimum atomic E-state index is -0.413. The summed E-state index contributed by atoms with van der Waals surface area (Å²) in [5, 5.41) is 40.5. The van der Waals surface area contributed by atoms with E-state index in [0.717, 1.165) is 73.6 Å². The van der Waals surface area contributed by atoms with Crippen LogP contribution in [0.25, 0.3) is 97.3 Å². The first-order chi connectivity index (χ1) is 23.3. The van der Waals surface area contributed by atoms with Gasteiger partial charge in [-0.15, -0.1) is 0 Å². The second-order valence-electron chi connectivity index (χ2n) is 12.4. The molecule has 0 atom stereocenters. The Kier molecular flexibility index (Phi) is 5.51. The zero-order valence-electron chi connectivity index (χ0n) is 24.7. The van der Waals surface area contributed by atoms with Crippen molar-refractivity contribution in [2.45, 2.75) is 0 Å². The second kappa shape index (κ2) is 9.56. The highest BCUT2D eigenvalue weighted by Gasteiger charge is 2.31. The van der Waals surface area contributed by atoms with Gasteiger partial charge in [-0.3, -0.25) is 20.2 Å². The van der Waals surface area contributed by atoms with Gasteiger partial charge in [0.1, 0.15) is 0 Å². The Morgan fingerprint density at radius 1 is 0.375 bits per heavy atom. The van der Waals surface area contributed by atoms with Crippen LogP contribution in [0.1, 0.15) is 0 Å².